The normalized spacial score (nSPS) is 15.1. The molecule has 1 aliphatic rings. The Bertz CT molecular complexity index is 581. The molecular formula is C17H21N3O2S. The van der Waals surface area contributed by atoms with E-state index < -0.39 is 0 Å². The van der Waals surface area contributed by atoms with E-state index in [4.69, 9.17) is 12.2 Å². The van der Waals surface area contributed by atoms with Gasteiger partial charge in [-0.1, -0.05) is 49.6 Å². The number of carbonyl (C=O) groups excluding carboxylic acids is 2. The minimum Gasteiger partial charge on any atom is -0.298 e. The Balaban J connectivity index is 1.70. The monoisotopic (exact) mass is 331 g/mol. The molecule has 1 aliphatic carbocycles. The van der Waals surface area contributed by atoms with Gasteiger partial charge in [-0.25, -0.2) is 0 Å². The highest BCUT2D eigenvalue weighted by molar-refractivity contribution is 7.80. The van der Waals surface area contributed by atoms with Crippen molar-refractivity contribution in [2.75, 3.05) is 0 Å². The molecule has 0 bridgehead atoms. The maximum absolute atomic E-state index is 11.9. The van der Waals surface area contributed by atoms with E-state index in [2.05, 4.69) is 16.2 Å². The lowest BCUT2D eigenvalue weighted by Gasteiger charge is -2.21. The lowest BCUT2D eigenvalue weighted by Crippen LogP contribution is -2.50. The van der Waals surface area contributed by atoms with Gasteiger partial charge in [0.25, 0.3) is 0 Å². The summed E-state index contributed by atoms with van der Waals surface area (Å²) in [6.07, 6.45) is 8.27. The molecule has 5 nitrogen and oxygen atoms in total. The molecule has 122 valence electrons. The summed E-state index contributed by atoms with van der Waals surface area (Å²) in [6, 6.07) is 9.48. The van der Waals surface area contributed by atoms with Crippen LogP contribution in [0.15, 0.2) is 36.4 Å². The van der Waals surface area contributed by atoms with E-state index in [0.29, 0.717) is 0 Å². The Morgan fingerprint density at radius 1 is 1.04 bits per heavy atom. The van der Waals surface area contributed by atoms with Gasteiger partial charge in [0.05, 0.1) is 0 Å². The third kappa shape index (κ3) is 6.20. The third-order valence-corrected chi connectivity index (χ3v) is 3.94. The van der Waals surface area contributed by atoms with Gasteiger partial charge in [-0.2, -0.15) is 0 Å². The van der Waals surface area contributed by atoms with E-state index in [1.54, 1.807) is 6.08 Å². The van der Waals surface area contributed by atoms with E-state index in [0.717, 1.165) is 31.2 Å². The smallest absolute Gasteiger partial charge is 0.250 e. The SMILES string of the molecule is O=C(/C=C/c1ccccc1)NC(=S)NNC(=O)C1CCCCC1. The molecule has 6 heteroatoms. The van der Waals surface area contributed by atoms with E-state index in [1.807, 2.05) is 30.3 Å². The largest absolute Gasteiger partial charge is 0.298 e. The van der Waals surface area contributed by atoms with E-state index in [1.165, 1.54) is 12.5 Å². The number of amides is 2. The van der Waals surface area contributed by atoms with Crippen LogP contribution in [-0.2, 0) is 9.59 Å². The average Bonchev–Trinajstić information content (AvgIpc) is 2.59. The minimum atomic E-state index is -0.349. The summed E-state index contributed by atoms with van der Waals surface area (Å²) in [5.41, 5.74) is 6.06. The number of hydrogen-bond donors (Lipinski definition) is 3. The van der Waals surface area contributed by atoms with E-state index >= 15 is 0 Å². The van der Waals surface area contributed by atoms with Gasteiger partial charge < -0.3 is 0 Å². The second kappa shape index (κ2) is 9.05. The highest BCUT2D eigenvalue weighted by Crippen LogP contribution is 2.23. The Labute approximate surface area is 141 Å². The van der Waals surface area contributed by atoms with Gasteiger partial charge in [0.15, 0.2) is 5.11 Å². The Hall–Kier alpha value is -2.21. The number of hydrogen-bond acceptors (Lipinski definition) is 3. The number of rotatable bonds is 3. The molecule has 2 rings (SSSR count). The van der Waals surface area contributed by atoms with Crippen molar-refractivity contribution < 1.29 is 9.59 Å². The number of benzene rings is 1. The van der Waals surface area contributed by atoms with Crippen molar-refractivity contribution in [3.63, 3.8) is 0 Å². The predicted octanol–water partition coefficient (Wildman–Crippen LogP) is 2.30. The van der Waals surface area contributed by atoms with Crippen molar-refractivity contribution in [1.82, 2.24) is 16.2 Å². The summed E-state index contributed by atoms with van der Waals surface area (Å²) in [5.74, 6) is -0.382. The number of carbonyl (C=O) groups is 2. The first-order valence-electron chi connectivity index (χ1n) is 7.79. The van der Waals surface area contributed by atoms with Crippen LogP contribution in [-0.4, -0.2) is 16.9 Å². The maximum Gasteiger partial charge on any atom is 0.250 e. The van der Waals surface area contributed by atoms with Crippen LogP contribution >= 0.6 is 12.2 Å². The predicted molar refractivity (Wildman–Crippen MR) is 94.1 cm³/mol. The molecule has 0 saturated heterocycles. The molecule has 0 aromatic heterocycles. The van der Waals surface area contributed by atoms with Crippen molar-refractivity contribution in [2.45, 2.75) is 32.1 Å². The molecule has 2 amide bonds. The van der Waals surface area contributed by atoms with Crippen LogP contribution in [0.5, 0.6) is 0 Å². The van der Waals surface area contributed by atoms with Gasteiger partial charge in [0.1, 0.15) is 0 Å². The highest BCUT2D eigenvalue weighted by Gasteiger charge is 2.20. The second-order valence-electron chi connectivity index (χ2n) is 5.51. The van der Waals surface area contributed by atoms with Crippen molar-refractivity contribution in [2.24, 2.45) is 5.92 Å². The van der Waals surface area contributed by atoms with Crippen LogP contribution in [0.2, 0.25) is 0 Å². The average molecular weight is 331 g/mol. The fourth-order valence-electron chi connectivity index (χ4n) is 2.51. The molecule has 0 spiro atoms. The molecule has 23 heavy (non-hydrogen) atoms. The topological polar surface area (TPSA) is 70.2 Å². The summed E-state index contributed by atoms with van der Waals surface area (Å²) in [7, 11) is 0. The summed E-state index contributed by atoms with van der Waals surface area (Å²) >= 11 is 4.99. The molecule has 1 fully saturated rings. The third-order valence-electron chi connectivity index (χ3n) is 3.74. The Morgan fingerprint density at radius 3 is 2.43 bits per heavy atom. The zero-order chi connectivity index (χ0) is 16.5. The highest BCUT2D eigenvalue weighted by atomic mass is 32.1. The Kier molecular flexibility index (Phi) is 6.75. The fourth-order valence-corrected chi connectivity index (χ4v) is 2.66. The molecule has 1 aromatic rings. The van der Waals surface area contributed by atoms with E-state index in [9.17, 15) is 9.59 Å². The minimum absolute atomic E-state index is 0.0349. The molecule has 0 atom stereocenters. The van der Waals surface area contributed by atoms with Crippen LogP contribution in [0.3, 0.4) is 0 Å². The first-order chi connectivity index (χ1) is 11.1. The molecule has 1 saturated carbocycles. The standard InChI is InChI=1S/C17H21N3O2S/c21-15(12-11-13-7-3-1-4-8-13)18-17(23)20-19-16(22)14-9-5-2-6-10-14/h1,3-4,7-8,11-12,14H,2,5-6,9-10H2,(H,19,22)(H2,18,20,21,23)/b12-11+. The molecule has 1 aromatic carbocycles. The van der Waals surface area contributed by atoms with Gasteiger partial charge in [0, 0.05) is 12.0 Å². The summed E-state index contributed by atoms with van der Waals surface area (Å²) in [5, 5.41) is 2.57. The number of hydrazine groups is 1. The van der Waals surface area contributed by atoms with Gasteiger partial charge in [-0.15, -0.1) is 0 Å². The maximum atomic E-state index is 11.9. The zero-order valence-electron chi connectivity index (χ0n) is 12.9. The van der Waals surface area contributed by atoms with Crippen LogP contribution in [0.25, 0.3) is 6.08 Å². The quantitative estimate of drug-likeness (QED) is 0.452. The van der Waals surface area contributed by atoms with Crippen molar-refractivity contribution >= 4 is 35.2 Å². The molecule has 0 heterocycles. The summed E-state index contributed by atoms with van der Waals surface area (Å²) in [6.45, 7) is 0. The lowest BCUT2D eigenvalue weighted by molar-refractivity contribution is -0.126. The van der Waals surface area contributed by atoms with Gasteiger partial charge in [0.2, 0.25) is 11.8 Å². The molecule has 0 aliphatic heterocycles. The second-order valence-corrected chi connectivity index (χ2v) is 5.92. The van der Waals surface area contributed by atoms with Crippen LogP contribution in [0.1, 0.15) is 37.7 Å². The van der Waals surface area contributed by atoms with Gasteiger partial charge in [-0.3, -0.25) is 25.8 Å². The zero-order valence-corrected chi connectivity index (χ0v) is 13.7. The lowest BCUT2D eigenvalue weighted by atomic mass is 9.89. The number of thiocarbonyl (C=S) groups is 1. The molecule has 3 N–H and O–H groups in total. The fraction of sp³-hybridized carbons (Fsp3) is 0.353. The first kappa shape index (κ1) is 17.1. The van der Waals surface area contributed by atoms with E-state index in [-0.39, 0.29) is 22.8 Å². The van der Waals surface area contributed by atoms with Crippen molar-refractivity contribution in [1.29, 1.82) is 0 Å². The number of nitrogens with one attached hydrogen (secondary N) is 3. The molecule has 0 unspecified atom stereocenters. The van der Waals surface area contributed by atoms with Crippen LogP contribution in [0, 0.1) is 5.92 Å². The van der Waals surface area contributed by atoms with Gasteiger partial charge >= 0.3 is 0 Å². The van der Waals surface area contributed by atoms with Crippen molar-refractivity contribution in [3.05, 3.63) is 42.0 Å². The summed E-state index contributed by atoms with van der Waals surface area (Å²) < 4.78 is 0. The Morgan fingerprint density at radius 2 is 1.74 bits per heavy atom. The molecular weight excluding hydrogens is 310 g/mol. The van der Waals surface area contributed by atoms with Crippen LogP contribution < -0.4 is 16.2 Å². The first-order valence-corrected chi connectivity index (χ1v) is 8.20. The summed E-state index contributed by atoms with van der Waals surface area (Å²) in [4.78, 5) is 23.7. The van der Waals surface area contributed by atoms with Gasteiger partial charge in [-0.05, 0) is 36.7 Å². The molecule has 0 radical (unpaired) electrons. The van der Waals surface area contributed by atoms with Crippen LogP contribution in [0.4, 0.5) is 0 Å². The van der Waals surface area contributed by atoms with Crippen molar-refractivity contribution in [3.8, 4) is 0 Å².